The summed E-state index contributed by atoms with van der Waals surface area (Å²) in [5.74, 6) is -1.45. The fraction of sp³-hybridized carbons (Fsp3) is 0.0952. The molecule has 146 valence electrons. The Hall–Kier alpha value is -3.81. The summed E-state index contributed by atoms with van der Waals surface area (Å²) in [6.45, 7) is 0. The predicted octanol–water partition coefficient (Wildman–Crippen LogP) is 4.17. The Bertz CT molecular complexity index is 1240. The summed E-state index contributed by atoms with van der Waals surface area (Å²) in [4.78, 5) is 17.2. The molecule has 2 heterocycles. The van der Waals surface area contributed by atoms with E-state index in [1.165, 1.54) is 24.1 Å². The summed E-state index contributed by atoms with van der Waals surface area (Å²) < 4.78 is 34.0. The molecular formula is C21H16F2N4O2. The minimum Gasteiger partial charge on any atom is -0.481 e. The Morgan fingerprint density at radius 3 is 2.69 bits per heavy atom. The van der Waals surface area contributed by atoms with Gasteiger partial charge in [-0.3, -0.25) is 9.48 Å². The van der Waals surface area contributed by atoms with Crippen molar-refractivity contribution in [3.05, 3.63) is 71.9 Å². The molecular weight excluding hydrogens is 378 g/mol. The van der Waals surface area contributed by atoms with Crippen LogP contribution in [-0.2, 0) is 7.05 Å². The first-order valence-corrected chi connectivity index (χ1v) is 8.70. The maximum Gasteiger partial charge on any atom is 0.259 e. The van der Waals surface area contributed by atoms with Gasteiger partial charge in [0, 0.05) is 42.0 Å². The number of carbonyl (C=O) groups is 1. The number of fused-ring (bicyclic) bond motifs is 1. The van der Waals surface area contributed by atoms with Gasteiger partial charge in [0.05, 0.1) is 18.2 Å². The van der Waals surface area contributed by atoms with Gasteiger partial charge in [0.15, 0.2) is 0 Å². The number of rotatable bonds is 4. The Balaban J connectivity index is 1.66. The molecule has 1 amide bonds. The molecule has 2 aromatic carbocycles. The molecule has 0 radical (unpaired) electrons. The number of methoxy groups -OCH3 is 1. The number of aryl methyl sites for hydroxylation is 1. The van der Waals surface area contributed by atoms with Crippen LogP contribution in [0.25, 0.3) is 22.2 Å². The molecule has 8 heteroatoms. The van der Waals surface area contributed by atoms with Crippen LogP contribution >= 0.6 is 0 Å². The van der Waals surface area contributed by atoms with Crippen LogP contribution in [0.1, 0.15) is 10.4 Å². The number of nitrogens with zero attached hydrogens (tertiary/aromatic N) is 3. The zero-order valence-electron chi connectivity index (χ0n) is 15.6. The van der Waals surface area contributed by atoms with Crippen molar-refractivity contribution in [2.45, 2.75) is 0 Å². The number of carbonyl (C=O) groups excluding carboxylic acids is 1. The van der Waals surface area contributed by atoms with E-state index in [0.717, 1.165) is 23.0 Å². The average molecular weight is 394 g/mol. The highest BCUT2D eigenvalue weighted by Crippen LogP contribution is 2.27. The first-order chi connectivity index (χ1) is 13.9. The van der Waals surface area contributed by atoms with Crippen LogP contribution in [0.5, 0.6) is 5.88 Å². The molecule has 0 unspecified atom stereocenters. The minimum atomic E-state index is -0.788. The first kappa shape index (κ1) is 18.5. The van der Waals surface area contributed by atoms with E-state index in [1.54, 1.807) is 31.3 Å². The monoisotopic (exact) mass is 394 g/mol. The summed E-state index contributed by atoms with van der Waals surface area (Å²) in [5.41, 5.74) is 1.62. The van der Waals surface area contributed by atoms with Gasteiger partial charge in [-0.25, -0.2) is 13.8 Å². The van der Waals surface area contributed by atoms with Crippen molar-refractivity contribution < 1.29 is 18.3 Å². The van der Waals surface area contributed by atoms with Crippen molar-refractivity contribution >= 4 is 22.5 Å². The number of nitrogens with one attached hydrogen (secondary N) is 1. The summed E-state index contributed by atoms with van der Waals surface area (Å²) in [6, 6.07) is 12.0. The van der Waals surface area contributed by atoms with Crippen molar-refractivity contribution in [3.8, 4) is 17.1 Å². The Kier molecular flexibility index (Phi) is 4.67. The highest BCUT2D eigenvalue weighted by Gasteiger charge is 2.20. The molecule has 4 rings (SSSR count). The molecule has 0 bridgehead atoms. The van der Waals surface area contributed by atoms with Gasteiger partial charge in [0.1, 0.15) is 17.3 Å². The van der Waals surface area contributed by atoms with Crippen LogP contribution in [0.15, 0.2) is 54.7 Å². The third-order valence-corrected chi connectivity index (χ3v) is 4.39. The molecule has 2 aromatic heterocycles. The number of hydrogen-bond acceptors (Lipinski definition) is 4. The predicted molar refractivity (Wildman–Crippen MR) is 105 cm³/mol. The minimum absolute atomic E-state index is 0.0481. The second-order valence-corrected chi connectivity index (χ2v) is 6.40. The van der Waals surface area contributed by atoms with E-state index in [4.69, 9.17) is 4.74 Å². The molecule has 0 aliphatic heterocycles. The maximum atomic E-state index is 14.2. The van der Waals surface area contributed by atoms with E-state index in [2.05, 4.69) is 15.4 Å². The van der Waals surface area contributed by atoms with Crippen LogP contribution in [-0.4, -0.2) is 27.8 Å². The van der Waals surface area contributed by atoms with Gasteiger partial charge in [-0.2, -0.15) is 5.10 Å². The van der Waals surface area contributed by atoms with Crippen LogP contribution < -0.4 is 10.1 Å². The summed E-state index contributed by atoms with van der Waals surface area (Å²) in [7, 11) is 3.16. The second-order valence-electron chi connectivity index (χ2n) is 6.40. The van der Waals surface area contributed by atoms with Gasteiger partial charge < -0.3 is 10.1 Å². The molecule has 0 fully saturated rings. The third-order valence-electron chi connectivity index (χ3n) is 4.39. The van der Waals surface area contributed by atoms with E-state index in [9.17, 15) is 13.6 Å². The fourth-order valence-corrected chi connectivity index (χ4v) is 3.03. The normalized spacial score (nSPS) is 10.9. The van der Waals surface area contributed by atoms with E-state index < -0.39 is 17.5 Å². The van der Waals surface area contributed by atoms with Gasteiger partial charge in [0.25, 0.3) is 5.91 Å². The van der Waals surface area contributed by atoms with Crippen LogP contribution in [0.2, 0.25) is 0 Å². The van der Waals surface area contributed by atoms with Gasteiger partial charge in [0.2, 0.25) is 5.88 Å². The number of aromatic nitrogens is 3. The molecule has 0 aliphatic rings. The number of anilines is 1. The van der Waals surface area contributed by atoms with Crippen molar-refractivity contribution in [2.24, 2.45) is 7.05 Å². The lowest BCUT2D eigenvalue weighted by Crippen LogP contribution is -2.12. The summed E-state index contributed by atoms with van der Waals surface area (Å²) in [6.07, 6.45) is 1.49. The van der Waals surface area contributed by atoms with E-state index in [-0.39, 0.29) is 16.8 Å². The van der Waals surface area contributed by atoms with Crippen molar-refractivity contribution in [1.29, 1.82) is 0 Å². The molecule has 4 aromatic rings. The summed E-state index contributed by atoms with van der Waals surface area (Å²) >= 11 is 0. The molecule has 1 N–H and O–H groups in total. The van der Waals surface area contributed by atoms with Crippen molar-refractivity contribution in [1.82, 2.24) is 14.8 Å². The largest absolute Gasteiger partial charge is 0.481 e. The second kappa shape index (κ2) is 7.31. The average Bonchev–Trinajstić information content (AvgIpc) is 3.09. The number of halogens is 2. The Morgan fingerprint density at radius 1 is 1.10 bits per heavy atom. The van der Waals surface area contributed by atoms with Gasteiger partial charge in [-0.05, 0) is 36.4 Å². The fourth-order valence-electron chi connectivity index (χ4n) is 3.03. The maximum absolute atomic E-state index is 14.2. The van der Waals surface area contributed by atoms with Crippen molar-refractivity contribution in [2.75, 3.05) is 12.4 Å². The van der Waals surface area contributed by atoms with Crippen molar-refractivity contribution in [3.63, 3.8) is 0 Å². The number of pyridine rings is 1. The lowest BCUT2D eigenvalue weighted by atomic mass is 10.1. The SMILES string of the molecule is COc1ccc2cc(NC(=O)c3cn(C)nc3-c3ccc(F)cc3F)ccc2n1. The highest BCUT2D eigenvalue weighted by molar-refractivity contribution is 6.08. The summed E-state index contributed by atoms with van der Waals surface area (Å²) in [5, 5.41) is 7.78. The Labute approximate surface area is 164 Å². The highest BCUT2D eigenvalue weighted by atomic mass is 19.1. The zero-order chi connectivity index (χ0) is 20.5. The molecule has 0 atom stereocenters. The van der Waals surface area contributed by atoms with Gasteiger partial charge >= 0.3 is 0 Å². The van der Waals surface area contributed by atoms with E-state index in [1.807, 2.05) is 6.07 Å². The lowest BCUT2D eigenvalue weighted by Gasteiger charge is -2.08. The third kappa shape index (κ3) is 3.64. The molecule has 29 heavy (non-hydrogen) atoms. The molecule has 6 nitrogen and oxygen atoms in total. The smallest absolute Gasteiger partial charge is 0.259 e. The number of benzene rings is 2. The van der Waals surface area contributed by atoms with Crippen LogP contribution in [0.4, 0.5) is 14.5 Å². The molecule has 0 spiro atoms. The topological polar surface area (TPSA) is 69.0 Å². The van der Waals surface area contributed by atoms with Crippen LogP contribution in [0.3, 0.4) is 0 Å². The lowest BCUT2D eigenvalue weighted by molar-refractivity contribution is 0.102. The number of hydrogen-bond donors (Lipinski definition) is 1. The molecule has 0 saturated heterocycles. The van der Waals surface area contributed by atoms with Gasteiger partial charge in [-0.1, -0.05) is 0 Å². The van der Waals surface area contributed by atoms with Gasteiger partial charge in [-0.15, -0.1) is 0 Å². The zero-order valence-corrected chi connectivity index (χ0v) is 15.6. The number of ether oxygens (including phenoxy) is 1. The first-order valence-electron chi connectivity index (χ1n) is 8.70. The van der Waals surface area contributed by atoms with E-state index >= 15 is 0 Å². The molecule has 0 aliphatic carbocycles. The number of amides is 1. The molecule has 0 saturated carbocycles. The van der Waals surface area contributed by atoms with Crippen LogP contribution in [0, 0.1) is 11.6 Å². The quantitative estimate of drug-likeness (QED) is 0.564. The van der Waals surface area contributed by atoms with E-state index in [0.29, 0.717) is 11.6 Å². The Morgan fingerprint density at radius 2 is 1.93 bits per heavy atom. The standard InChI is InChI=1S/C21H16F2N4O2/c1-27-11-16(20(26-27)15-6-4-13(22)10-17(15)23)21(28)24-14-5-7-18-12(9-14)3-8-19(25-18)29-2/h3-11H,1-2H3,(H,24,28).